The van der Waals surface area contributed by atoms with E-state index in [1.54, 1.807) is 7.11 Å². The Balaban J connectivity index is 2.37. The van der Waals surface area contributed by atoms with E-state index in [-0.39, 0.29) is 11.4 Å². The van der Waals surface area contributed by atoms with Gasteiger partial charge in [-0.2, -0.15) is 0 Å². The molecule has 0 amide bonds. The van der Waals surface area contributed by atoms with Gasteiger partial charge in [0.25, 0.3) is 0 Å². The summed E-state index contributed by atoms with van der Waals surface area (Å²) in [6.07, 6.45) is 2.59. The predicted octanol–water partition coefficient (Wildman–Crippen LogP) is 1.88. The van der Waals surface area contributed by atoms with E-state index in [9.17, 15) is 4.39 Å². The molecule has 1 aromatic carbocycles. The minimum Gasteiger partial charge on any atom is -0.493 e. The van der Waals surface area contributed by atoms with Crippen molar-refractivity contribution in [3.8, 4) is 11.5 Å². The van der Waals surface area contributed by atoms with Crippen LogP contribution in [0, 0.1) is 5.82 Å². The Labute approximate surface area is 94.3 Å². The van der Waals surface area contributed by atoms with Gasteiger partial charge in [0, 0.05) is 17.2 Å². The Bertz CT molecular complexity index is 402. The molecular formula is C12H16FNO2. The summed E-state index contributed by atoms with van der Waals surface area (Å²) in [5.74, 6) is 0.680. The Morgan fingerprint density at radius 1 is 1.31 bits per heavy atom. The normalized spacial score (nSPS) is 17.0. The fourth-order valence-corrected chi connectivity index (χ4v) is 1.85. The Hall–Kier alpha value is -1.29. The van der Waals surface area contributed by atoms with Crippen LogP contribution in [0.4, 0.5) is 4.39 Å². The number of hydrogen-bond donors (Lipinski definition) is 1. The van der Waals surface area contributed by atoms with E-state index in [0.29, 0.717) is 17.9 Å². The van der Waals surface area contributed by atoms with Crippen molar-refractivity contribution < 1.29 is 13.9 Å². The molecule has 2 rings (SSSR count). The SMILES string of the molecule is COc1cc(F)cc(CC2(N)CC2)c1OC. The molecule has 0 heterocycles. The van der Waals surface area contributed by atoms with Crippen LogP contribution in [0.1, 0.15) is 18.4 Å². The maximum atomic E-state index is 13.4. The first-order valence-corrected chi connectivity index (χ1v) is 5.27. The lowest BCUT2D eigenvalue weighted by molar-refractivity contribution is 0.347. The summed E-state index contributed by atoms with van der Waals surface area (Å²) < 4.78 is 23.7. The molecule has 0 saturated heterocycles. The van der Waals surface area contributed by atoms with Crippen LogP contribution in [-0.4, -0.2) is 19.8 Å². The lowest BCUT2D eigenvalue weighted by atomic mass is 10.0. The summed E-state index contributed by atoms with van der Waals surface area (Å²) in [6.45, 7) is 0. The molecule has 0 bridgehead atoms. The quantitative estimate of drug-likeness (QED) is 0.850. The van der Waals surface area contributed by atoms with Crippen LogP contribution in [0.25, 0.3) is 0 Å². The molecule has 4 heteroatoms. The summed E-state index contributed by atoms with van der Waals surface area (Å²) in [7, 11) is 3.05. The van der Waals surface area contributed by atoms with Crippen molar-refractivity contribution in [3.05, 3.63) is 23.5 Å². The smallest absolute Gasteiger partial charge is 0.164 e. The minimum absolute atomic E-state index is 0.175. The Morgan fingerprint density at radius 2 is 2.00 bits per heavy atom. The van der Waals surface area contributed by atoms with Crippen molar-refractivity contribution in [2.24, 2.45) is 5.73 Å². The van der Waals surface area contributed by atoms with Gasteiger partial charge in [-0.1, -0.05) is 0 Å². The number of halogens is 1. The molecule has 1 aliphatic carbocycles. The maximum absolute atomic E-state index is 13.4. The van der Waals surface area contributed by atoms with Gasteiger partial charge >= 0.3 is 0 Å². The Morgan fingerprint density at radius 3 is 2.50 bits per heavy atom. The number of ether oxygens (including phenoxy) is 2. The van der Waals surface area contributed by atoms with Crippen LogP contribution in [0.3, 0.4) is 0 Å². The molecule has 88 valence electrons. The van der Waals surface area contributed by atoms with Crippen molar-refractivity contribution >= 4 is 0 Å². The fraction of sp³-hybridized carbons (Fsp3) is 0.500. The van der Waals surface area contributed by atoms with Gasteiger partial charge in [-0.15, -0.1) is 0 Å². The lowest BCUT2D eigenvalue weighted by Crippen LogP contribution is -2.24. The van der Waals surface area contributed by atoms with E-state index in [2.05, 4.69) is 0 Å². The predicted molar refractivity (Wildman–Crippen MR) is 59.4 cm³/mol. The zero-order chi connectivity index (χ0) is 11.8. The molecule has 0 atom stereocenters. The van der Waals surface area contributed by atoms with Gasteiger partial charge in [-0.3, -0.25) is 0 Å². The largest absolute Gasteiger partial charge is 0.493 e. The molecule has 16 heavy (non-hydrogen) atoms. The molecule has 0 aliphatic heterocycles. The third-order valence-electron chi connectivity index (χ3n) is 2.96. The first kappa shape index (κ1) is 11.2. The highest BCUT2D eigenvalue weighted by Crippen LogP contribution is 2.40. The standard InChI is InChI=1S/C12H16FNO2/c1-15-10-6-9(13)5-8(11(10)16-2)7-12(14)3-4-12/h5-6H,3-4,7,14H2,1-2H3. The number of benzene rings is 1. The second-order valence-corrected chi connectivity index (χ2v) is 4.34. The zero-order valence-electron chi connectivity index (χ0n) is 9.55. The minimum atomic E-state index is -0.322. The molecule has 1 aromatic rings. The fourth-order valence-electron chi connectivity index (χ4n) is 1.85. The van der Waals surface area contributed by atoms with Crippen molar-refractivity contribution in [1.29, 1.82) is 0 Å². The highest BCUT2D eigenvalue weighted by Gasteiger charge is 2.39. The number of rotatable bonds is 4. The zero-order valence-corrected chi connectivity index (χ0v) is 9.55. The third kappa shape index (κ3) is 2.11. The summed E-state index contributed by atoms with van der Waals surface area (Å²) in [4.78, 5) is 0. The molecule has 0 spiro atoms. The lowest BCUT2D eigenvalue weighted by Gasteiger charge is -2.15. The molecule has 0 unspecified atom stereocenters. The number of methoxy groups -OCH3 is 2. The van der Waals surface area contributed by atoms with Crippen molar-refractivity contribution in [3.63, 3.8) is 0 Å². The second-order valence-electron chi connectivity index (χ2n) is 4.34. The number of hydrogen-bond acceptors (Lipinski definition) is 3. The van der Waals surface area contributed by atoms with Crippen LogP contribution < -0.4 is 15.2 Å². The van der Waals surface area contributed by atoms with Gasteiger partial charge in [-0.25, -0.2) is 4.39 Å². The Kier molecular flexibility index (Phi) is 2.76. The van der Waals surface area contributed by atoms with E-state index in [4.69, 9.17) is 15.2 Å². The first-order chi connectivity index (χ1) is 7.58. The molecule has 0 aromatic heterocycles. The molecule has 1 aliphatic rings. The van der Waals surface area contributed by atoms with E-state index < -0.39 is 0 Å². The van der Waals surface area contributed by atoms with Crippen LogP contribution in [0.5, 0.6) is 11.5 Å². The molecule has 3 nitrogen and oxygen atoms in total. The summed E-state index contributed by atoms with van der Waals surface area (Å²) in [6, 6.07) is 2.78. The van der Waals surface area contributed by atoms with Crippen LogP contribution in [0.2, 0.25) is 0 Å². The van der Waals surface area contributed by atoms with Crippen molar-refractivity contribution in [2.75, 3.05) is 14.2 Å². The topological polar surface area (TPSA) is 44.5 Å². The molecular weight excluding hydrogens is 209 g/mol. The van der Waals surface area contributed by atoms with Gasteiger partial charge in [0.15, 0.2) is 11.5 Å². The molecule has 1 fully saturated rings. The van der Waals surface area contributed by atoms with Gasteiger partial charge in [0.2, 0.25) is 0 Å². The van der Waals surface area contributed by atoms with Crippen molar-refractivity contribution in [2.45, 2.75) is 24.8 Å². The third-order valence-corrected chi connectivity index (χ3v) is 2.96. The van der Waals surface area contributed by atoms with Gasteiger partial charge in [-0.05, 0) is 25.3 Å². The van der Waals surface area contributed by atoms with Crippen LogP contribution in [-0.2, 0) is 6.42 Å². The molecule has 0 radical (unpaired) electrons. The van der Waals surface area contributed by atoms with Gasteiger partial charge in [0.1, 0.15) is 5.82 Å². The average molecular weight is 225 g/mol. The monoisotopic (exact) mass is 225 g/mol. The highest BCUT2D eigenvalue weighted by atomic mass is 19.1. The molecule has 1 saturated carbocycles. The van der Waals surface area contributed by atoms with E-state index in [1.165, 1.54) is 19.2 Å². The second kappa shape index (κ2) is 3.94. The summed E-state index contributed by atoms with van der Waals surface area (Å²) >= 11 is 0. The van der Waals surface area contributed by atoms with Crippen molar-refractivity contribution in [1.82, 2.24) is 0 Å². The van der Waals surface area contributed by atoms with Crippen LogP contribution >= 0.6 is 0 Å². The first-order valence-electron chi connectivity index (χ1n) is 5.27. The van der Waals surface area contributed by atoms with Gasteiger partial charge in [0.05, 0.1) is 14.2 Å². The number of nitrogens with two attached hydrogens (primary N) is 1. The van der Waals surface area contributed by atoms with E-state index in [0.717, 1.165) is 18.4 Å². The molecule has 2 N–H and O–H groups in total. The van der Waals surface area contributed by atoms with Crippen LogP contribution in [0.15, 0.2) is 12.1 Å². The summed E-state index contributed by atoms with van der Waals surface area (Å²) in [5, 5.41) is 0. The highest BCUT2D eigenvalue weighted by molar-refractivity contribution is 5.48. The van der Waals surface area contributed by atoms with E-state index >= 15 is 0 Å². The van der Waals surface area contributed by atoms with Gasteiger partial charge < -0.3 is 15.2 Å². The maximum Gasteiger partial charge on any atom is 0.164 e. The average Bonchev–Trinajstić information content (AvgIpc) is 2.95. The summed E-state index contributed by atoms with van der Waals surface area (Å²) in [5.41, 5.74) is 6.63. The van der Waals surface area contributed by atoms with E-state index in [1.807, 2.05) is 0 Å².